The smallest absolute Gasteiger partial charge is 0.255 e. The molecule has 0 bridgehead atoms. The van der Waals surface area contributed by atoms with E-state index >= 15 is 0 Å². The van der Waals surface area contributed by atoms with E-state index in [1.807, 2.05) is 19.1 Å². The highest BCUT2D eigenvalue weighted by molar-refractivity contribution is 7.99. The molecule has 0 spiro atoms. The molecule has 170 valence electrons. The van der Waals surface area contributed by atoms with Crippen molar-refractivity contribution in [3.05, 3.63) is 95.1 Å². The normalized spacial score (nSPS) is 14.8. The van der Waals surface area contributed by atoms with Crippen molar-refractivity contribution in [2.75, 3.05) is 22.3 Å². The first-order chi connectivity index (χ1) is 16.5. The van der Waals surface area contributed by atoms with Gasteiger partial charge in [0.15, 0.2) is 0 Å². The molecule has 1 saturated heterocycles. The molecule has 1 fully saturated rings. The van der Waals surface area contributed by atoms with Gasteiger partial charge in [-0.2, -0.15) is 5.26 Å². The molecule has 1 heterocycles. The van der Waals surface area contributed by atoms with Crippen molar-refractivity contribution in [2.24, 2.45) is 0 Å². The van der Waals surface area contributed by atoms with E-state index in [1.165, 1.54) is 16.7 Å². The second-order valence-corrected chi connectivity index (χ2v) is 8.82. The molecule has 0 saturated carbocycles. The Morgan fingerprint density at radius 2 is 1.71 bits per heavy atom. The molecule has 7 nitrogen and oxygen atoms in total. The number of rotatable bonds is 5. The summed E-state index contributed by atoms with van der Waals surface area (Å²) in [6, 6.07) is 22.0. The van der Waals surface area contributed by atoms with E-state index in [0.717, 1.165) is 5.56 Å². The summed E-state index contributed by atoms with van der Waals surface area (Å²) in [5, 5.41) is 14.6. The van der Waals surface area contributed by atoms with E-state index in [2.05, 4.69) is 10.6 Å². The Hall–Kier alpha value is -4.09. The standard InChI is InChI=1S/C26H22N4O3S/c1-17-7-10-20(13-22(17)29-24(31)19-5-3-2-4-6-19)26(33)30-16-34-15-23(30)25(32)28-21-11-8-18(14-27)9-12-21/h2-13,23H,15-16H2,1H3,(H,28,32)(H,29,31). The largest absolute Gasteiger partial charge is 0.324 e. The van der Waals surface area contributed by atoms with Crippen molar-refractivity contribution in [1.82, 2.24) is 4.90 Å². The number of nitrogens with one attached hydrogen (secondary N) is 2. The Kier molecular flexibility index (Phi) is 6.95. The lowest BCUT2D eigenvalue weighted by Gasteiger charge is -2.23. The molecule has 3 aromatic carbocycles. The van der Waals surface area contributed by atoms with Crippen LogP contribution in [0.15, 0.2) is 72.8 Å². The quantitative estimate of drug-likeness (QED) is 0.580. The van der Waals surface area contributed by atoms with Gasteiger partial charge in [0.25, 0.3) is 11.8 Å². The third kappa shape index (κ3) is 5.11. The minimum absolute atomic E-state index is 0.260. The van der Waals surface area contributed by atoms with Crippen LogP contribution in [0.25, 0.3) is 0 Å². The average Bonchev–Trinajstić information content (AvgIpc) is 3.36. The van der Waals surface area contributed by atoms with Gasteiger partial charge in [0.1, 0.15) is 6.04 Å². The summed E-state index contributed by atoms with van der Waals surface area (Å²) in [5.41, 5.74) is 3.36. The number of thioether (sulfide) groups is 1. The monoisotopic (exact) mass is 470 g/mol. The lowest BCUT2D eigenvalue weighted by Crippen LogP contribution is -2.44. The van der Waals surface area contributed by atoms with Gasteiger partial charge in [-0.25, -0.2) is 0 Å². The maximum absolute atomic E-state index is 13.3. The molecule has 2 N–H and O–H groups in total. The predicted molar refractivity (Wildman–Crippen MR) is 133 cm³/mol. The molecule has 1 aliphatic heterocycles. The van der Waals surface area contributed by atoms with Crippen molar-refractivity contribution in [3.8, 4) is 6.07 Å². The summed E-state index contributed by atoms with van der Waals surface area (Å²) in [5.74, 6) is 0.0546. The second-order valence-electron chi connectivity index (χ2n) is 7.82. The highest BCUT2D eigenvalue weighted by Crippen LogP contribution is 2.26. The summed E-state index contributed by atoms with van der Waals surface area (Å²) in [7, 11) is 0. The number of hydrogen-bond acceptors (Lipinski definition) is 5. The fourth-order valence-electron chi connectivity index (χ4n) is 3.55. The minimum atomic E-state index is -0.628. The Morgan fingerprint density at radius 1 is 0.971 bits per heavy atom. The van der Waals surface area contributed by atoms with Gasteiger partial charge >= 0.3 is 0 Å². The van der Waals surface area contributed by atoms with E-state index < -0.39 is 6.04 Å². The molecule has 4 rings (SSSR count). The maximum Gasteiger partial charge on any atom is 0.255 e. The third-order valence-corrected chi connectivity index (χ3v) is 6.51. The van der Waals surface area contributed by atoms with Gasteiger partial charge < -0.3 is 15.5 Å². The minimum Gasteiger partial charge on any atom is -0.324 e. The van der Waals surface area contributed by atoms with Crippen molar-refractivity contribution in [1.29, 1.82) is 5.26 Å². The van der Waals surface area contributed by atoms with Crippen molar-refractivity contribution in [3.63, 3.8) is 0 Å². The first-order valence-corrected chi connectivity index (χ1v) is 11.8. The molecular weight excluding hydrogens is 448 g/mol. The van der Waals surface area contributed by atoms with E-state index in [-0.39, 0.29) is 17.7 Å². The zero-order chi connectivity index (χ0) is 24.1. The molecule has 34 heavy (non-hydrogen) atoms. The van der Waals surface area contributed by atoms with E-state index in [0.29, 0.717) is 39.7 Å². The molecule has 1 aliphatic rings. The van der Waals surface area contributed by atoms with Crippen LogP contribution in [0.5, 0.6) is 0 Å². The Balaban J connectivity index is 1.48. The number of carbonyl (C=O) groups excluding carboxylic acids is 3. The number of aryl methyl sites for hydroxylation is 1. The number of nitrogens with zero attached hydrogens (tertiary/aromatic N) is 2. The van der Waals surface area contributed by atoms with Crippen LogP contribution in [0.3, 0.4) is 0 Å². The molecule has 3 amide bonds. The van der Waals surface area contributed by atoms with Crippen LogP contribution in [-0.4, -0.2) is 40.3 Å². The van der Waals surface area contributed by atoms with Gasteiger partial charge in [-0.15, -0.1) is 11.8 Å². The lowest BCUT2D eigenvalue weighted by molar-refractivity contribution is -0.119. The molecule has 3 aromatic rings. The van der Waals surface area contributed by atoms with Crippen LogP contribution in [0.4, 0.5) is 11.4 Å². The van der Waals surface area contributed by atoms with E-state index in [4.69, 9.17) is 5.26 Å². The number of nitriles is 1. The zero-order valence-corrected chi connectivity index (χ0v) is 19.3. The summed E-state index contributed by atoms with van der Waals surface area (Å²) in [6.07, 6.45) is 0. The summed E-state index contributed by atoms with van der Waals surface area (Å²) in [6.45, 7) is 1.86. The maximum atomic E-state index is 13.3. The van der Waals surface area contributed by atoms with E-state index in [1.54, 1.807) is 66.7 Å². The van der Waals surface area contributed by atoms with Crippen molar-refractivity contribution < 1.29 is 14.4 Å². The molecule has 0 aliphatic carbocycles. The van der Waals surface area contributed by atoms with Crippen molar-refractivity contribution in [2.45, 2.75) is 13.0 Å². The molecule has 8 heteroatoms. The number of amides is 3. The predicted octanol–water partition coefficient (Wildman–Crippen LogP) is 4.27. The summed E-state index contributed by atoms with van der Waals surface area (Å²) < 4.78 is 0. The van der Waals surface area contributed by atoms with Gasteiger partial charge in [0.05, 0.1) is 17.5 Å². The van der Waals surface area contributed by atoms with Gasteiger partial charge in [-0.1, -0.05) is 24.3 Å². The van der Waals surface area contributed by atoms with Crippen LogP contribution in [0.1, 0.15) is 31.8 Å². The van der Waals surface area contributed by atoms with Crippen LogP contribution in [0, 0.1) is 18.3 Å². The topological polar surface area (TPSA) is 102 Å². The van der Waals surface area contributed by atoms with E-state index in [9.17, 15) is 14.4 Å². The fourth-order valence-corrected chi connectivity index (χ4v) is 4.71. The van der Waals surface area contributed by atoms with Crippen LogP contribution in [-0.2, 0) is 4.79 Å². The van der Waals surface area contributed by atoms with Crippen LogP contribution >= 0.6 is 11.8 Å². The highest BCUT2D eigenvalue weighted by Gasteiger charge is 2.35. The lowest BCUT2D eigenvalue weighted by atomic mass is 10.1. The first-order valence-electron chi connectivity index (χ1n) is 10.6. The molecule has 1 unspecified atom stereocenters. The Morgan fingerprint density at radius 3 is 2.41 bits per heavy atom. The van der Waals surface area contributed by atoms with Crippen molar-refractivity contribution >= 4 is 40.9 Å². The average molecular weight is 471 g/mol. The number of carbonyl (C=O) groups is 3. The fraction of sp³-hybridized carbons (Fsp3) is 0.154. The third-order valence-electron chi connectivity index (χ3n) is 5.50. The van der Waals surface area contributed by atoms with Gasteiger partial charge in [-0.3, -0.25) is 14.4 Å². The van der Waals surface area contributed by atoms with Gasteiger partial charge in [0, 0.05) is 28.3 Å². The summed E-state index contributed by atoms with van der Waals surface area (Å²) >= 11 is 1.50. The first kappa shape index (κ1) is 23.1. The van der Waals surface area contributed by atoms with Crippen LogP contribution < -0.4 is 10.6 Å². The molecular formula is C26H22N4O3S. The summed E-state index contributed by atoms with van der Waals surface area (Å²) in [4.78, 5) is 40.3. The number of anilines is 2. The molecule has 0 radical (unpaired) electrons. The number of hydrogen-bond donors (Lipinski definition) is 2. The SMILES string of the molecule is Cc1ccc(C(=O)N2CSCC2C(=O)Nc2ccc(C#N)cc2)cc1NC(=O)c1ccccc1. The molecule has 0 aromatic heterocycles. The Bertz CT molecular complexity index is 1270. The molecule has 1 atom stereocenters. The second kappa shape index (κ2) is 10.2. The number of benzene rings is 3. The highest BCUT2D eigenvalue weighted by atomic mass is 32.2. The van der Waals surface area contributed by atoms with Crippen LogP contribution in [0.2, 0.25) is 0 Å². The van der Waals surface area contributed by atoms with Gasteiger partial charge in [-0.05, 0) is 61.0 Å². The Labute approximate surface area is 201 Å². The van der Waals surface area contributed by atoms with Gasteiger partial charge in [0.2, 0.25) is 5.91 Å². The zero-order valence-electron chi connectivity index (χ0n) is 18.4.